The minimum atomic E-state index is 0.831. The van der Waals surface area contributed by atoms with E-state index in [1.165, 1.54) is 5.56 Å². The Bertz CT molecular complexity index is 873. The Morgan fingerprint density at radius 2 is 1.89 bits per heavy atom. The normalized spacial score (nSPS) is 11.4. The van der Waals surface area contributed by atoms with E-state index in [1.807, 2.05) is 15.8 Å². The summed E-state index contributed by atoms with van der Waals surface area (Å²) in [4.78, 5) is 4.44. The van der Waals surface area contributed by atoms with E-state index in [4.69, 9.17) is 0 Å². The highest BCUT2D eigenvalue weighted by Gasteiger charge is 2.11. The summed E-state index contributed by atoms with van der Waals surface area (Å²) in [5.41, 5.74) is 4.13. The standard InChI is InChI=1S/C14H10N4S/c1-9-2-4-10(5-3-9)13-16-17-14-12-11(6-7-19-12)15-8-18(13)14/h2-8H,1H3. The smallest absolute Gasteiger partial charge is 0.181 e. The molecule has 0 bridgehead atoms. The highest BCUT2D eigenvalue weighted by molar-refractivity contribution is 7.17. The van der Waals surface area contributed by atoms with Crippen LogP contribution in [0.3, 0.4) is 0 Å². The highest BCUT2D eigenvalue weighted by atomic mass is 32.1. The van der Waals surface area contributed by atoms with E-state index in [1.54, 1.807) is 17.7 Å². The van der Waals surface area contributed by atoms with Gasteiger partial charge in [0.1, 0.15) is 6.33 Å². The molecule has 0 aliphatic carbocycles. The Balaban J connectivity index is 2.02. The molecule has 92 valence electrons. The number of aromatic nitrogens is 4. The monoisotopic (exact) mass is 266 g/mol. The molecule has 19 heavy (non-hydrogen) atoms. The maximum absolute atomic E-state index is 4.44. The molecule has 3 aromatic heterocycles. The third-order valence-corrected chi connectivity index (χ3v) is 4.06. The minimum absolute atomic E-state index is 0.831. The van der Waals surface area contributed by atoms with E-state index in [-0.39, 0.29) is 0 Å². The first kappa shape index (κ1) is 10.6. The molecule has 4 rings (SSSR count). The molecule has 0 aliphatic rings. The second kappa shape index (κ2) is 3.86. The van der Waals surface area contributed by atoms with Crippen LogP contribution >= 0.6 is 11.3 Å². The molecule has 0 saturated heterocycles. The van der Waals surface area contributed by atoms with Gasteiger partial charge in [0.05, 0.1) is 10.2 Å². The first-order chi connectivity index (χ1) is 9.33. The van der Waals surface area contributed by atoms with Crippen molar-refractivity contribution in [1.82, 2.24) is 19.6 Å². The van der Waals surface area contributed by atoms with Gasteiger partial charge in [0.2, 0.25) is 0 Å². The minimum Gasteiger partial charge on any atom is -0.264 e. The van der Waals surface area contributed by atoms with Gasteiger partial charge in [0.25, 0.3) is 0 Å². The van der Waals surface area contributed by atoms with Gasteiger partial charge < -0.3 is 0 Å². The Hall–Kier alpha value is -2.27. The first-order valence-corrected chi connectivity index (χ1v) is 6.85. The second-order valence-electron chi connectivity index (χ2n) is 4.46. The molecule has 0 saturated carbocycles. The van der Waals surface area contributed by atoms with Crippen molar-refractivity contribution in [1.29, 1.82) is 0 Å². The van der Waals surface area contributed by atoms with Crippen LogP contribution in [-0.2, 0) is 0 Å². The van der Waals surface area contributed by atoms with Gasteiger partial charge in [-0.25, -0.2) is 4.98 Å². The number of rotatable bonds is 1. The average molecular weight is 266 g/mol. The number of hydrogen-bond acceptors (Lipinski definition) is 4. The van der Waals surface area contributed by atoms with Crippen LogP contribution in [0.1, 0.15) is 5.56 Å². The maximum atomic E-state index is 4.44. The van der Waals surface area contributed by atoms with Gasteiger partial charge >= 0.3 is 0 Å². The molecular formula is C14H10N4S. The fourth-order valence-corrected chi connectivity index (χ4v) is 2.97. The fraction of sp³-hybridized carbons (Fsp3) is 0.0714. The summed E-state index contributed by atoms with van der Waals surface area (Å²) < 4.78 is 3.03. The van der Waals surface area contributed by atoms with E-state index in [0.29, 0.717) is 0 Å². The van der Waals surface area contributed by atoms with E-state index in [0.717, 1.165) is 27.3 Å². The molecule has 3 heterocycles. The molecule has 0 radical (unpaired) electrons. The number of thiophene rings is 1. The molecule has 0 spiro atoms. The number of aryl methyl sites for hydroxylation is 1. The van der Waals surface area contributed by atoms with Crippen LogP contribution in [0.2, 0.25) is 0 Å². The fourth-order valence-electron chi connectivity index (χ4n) is 2.15. The summed E-state index contributed by atoms with van der Waals surface area (Å²) in [6, 6.07) is 10.3. The van der Waals surface area contributed by atoms with Gasteiger partial charge in [0, 0.05) is 5.56 Å². The predicted molar refractivity (Wildman–Crippen MR) is 76.3 cm³/mol. The largest absolute Gasteiger partial charge is 0.264 e. The summed E-state index contributed by atoms with van der Waals surface area (Å²) in [5, 5.41) is 10.6. The number of fused-ring (bicyclic) bond motifs is 3. The summed E-state index contributed by atoms with van der Waals surface area (Å²) in [5.74, 6) is 0.831. The lowest BCUT2D eigenvalue weighted by Crippen LogP contribution is -1.91. The van der Waals surface area contributed by atoms with Crippen LogP contribution in [0.4, 0.5) is 0 Å². The quantitative estimate of drug-likeness (QED) is 0.531. The van der Waals surface area contributed by atoms with Crippen LogP contribution in [0, 0.1) is 6.92 Å². The highest BCUT2D eigenvalue weighted by Crippen LogP contribution is 2.26. The van der Waals surface area contributed by atoms with Crippen molar-refractivity contribution in [2.45, 2.75) is 6.92 Å². The predicted octanol–water partition coefficient (Wildman–Crippen LogP) is 3.31. The van der Waals surface area contributed by atoms with Crippen molar-refractivity contribution in [2.24, 2.45) is 0 Å². The van der Waals surface area contributed by atoms with Crippen LogP contribution < -0.4 is 0 Å². The van der Waals surface area contributed by atoms with E-state index in [9.17, 15) is 0 Å². The van der Waals surface area contributed by atoms with Crippen molar-refractivity contribution in [3.8, 4) is 11.4 Å². The van der Waals surface area contributed by atoms with Gasteiger partial charge in [-0.15, -0.1) is 21.5 Å². The lowest BCUT2D eigenvalue weighted by molar-refractivity contribution is 1.09. The second-order valence-corrected chi connectivity index (χ2v) is 5.38. The summed E-state index contributed by atoms with van der Waals surface area (Å²) in [7, 11) is 0. The van der Waals surface area contributed by atoms with Gasteiger partial charge in [-0.1, -0.05) is 29.8 Å². The Morgan fingerprint density at radius 3 is 2.74 bits per heavy atom. The average Bonchev–Trinajstić information content (AvgIpc) is 3.04. The Labute approximate surface area is 113 Å². The maximum Gasteiger partial charge on any atom is 0.181 e. The molecule has 1 aromatic carbocycles. The summed E-state index contributed by atoms with van der Waals surface area (Å²) in [6.07, 6.45) is 1.79. The van der Waals surface area contributed by atoms with E-state index < -0.39 is 0 Å². The summed E-state index contributed by atoms with van der Waals surface area (Å²) >= 11 is 1.64. The number of hydrogen-bond donors (Lipinski definition) is 0. The van der Waals surface area contributed by atoms with Crippen molar-refractivity contribution in [3.05, 3.63) is 47.6 Å². The zero-order valence-electron chi connectivity index (χ0n) is 10.2. The van der Waals surface area contributed by atoms with Gasteiger partial charge in [-0.3, -0.25) is 4.40 Å². The lowest BCUT2D eigenvalue weighted by Gasteiger charge is -2.00. The third kappa shape index (κ3) is 1.55. The number of benzene rings is 1. The van der Waals surface area contributed by atoms with E-state index in [2.05, 4.69) is 46.4 Å². The van der Waals surface area contributed by atoms with Gasteiger partial charge in [-0.05, 0) is 18.4 Å². The molecule has 4 nitrogen and oxygen atoms in total. The Morgan fingerprint density at radius 1 is 1.05 bits per heavy atom. The van der Waals surface area contributed by atoms with Crippen molar-refractivity contribution >= 4 is 27.2 Å². The van der Waals surface area contributed by atoms with Crippen molar-refractivity contribution in [3.63, 3.8) is 0 Å². The van der Waals surface area contributed by atoms with Crippen LogP contribution in [0.15, 0.2) is 42.0 Å². The molecule has 0 unspecified atom stereocenters. The lowest BCUT2D eigenvalue weighted by atomic mass is 10.1. The van der Waals surface area contributed by atoms with Crippen LogP contribution in [0.5, 0.6) is 0 Å². The molecule has 5 heteroatoms. The first-order valence-electron chi connectivity index (χ1n) is 5.97. The van der Waals surface area contributed by atoms with Crippen LogP contribution in [-0.4, -0.2) is 19.6 Å². The van der Waals surface area contributed by atoms with Crippen molar-refractivity contribution in [2.75, 3.05) is 0 Å². The molecule has 0 N–H and O–H groups in total. The molecule has 0 fully saturated rings. The van der Waals surface area contributed by atoms with Gasteiger partial charge in [0.15, 0.2) is 11.5 Å². The zero-order chi connectivity index (χ0) is 12.8. The van der Waals surface area contributed by atoms with Crippen LogP contribution in [0.25, 0.3) is 27.3 Å². The number of nitrogens with zero attached hydrogens (tertiary/aromatic N) is 4. The summed E-state index contributed by atoms with van der Waals surface area (Å²) in [6.45, 7) is 2.07. The topological polar surface area (TPSA) is 43.1 Å². The molecule has 0 amide bonds. The molecule has 0 atom stereocenters. The van der Waals surface area contributed by atoms with Crippen molar-refractivity contribution < 1.29 is 0 Å². The molecule has 4 aromatic rings. The molecule has 0 aliphatic heterocycles. The Kier molecular flexibility index (Phi) is 2.16. The van der Waals surface area contributed by atoms with E-state index >= 15 is 0 Å². The third-order valence-electron chi connectivity index (χ3n) is 3.17. The SMILES string of the molecule is Cc1ccc(-c2nnc3c4sccc4ncn23)cc1. The zero-order valence-corrected chi connectivity index (χ0v) is 11.1. The van der Waals surface area contributed by atoms with Gasteiger partial charge in [-0.2, -0.15) is 0 Å². The molecular weight excluding hydrogens is 256 g/mol.